The van der Waals surface area contributed by atoms with Gasteiger partial charge in [0.05, 0.1) is 0 Å². The number of alkyl halides is 3. The second-order valence-corrected chi connectivity index (χ2v) is 7.76. The summed E-state index contributed by atoms with van der Waals surface area (Å²) in [7, 11) is 0. The van der Waals surface area contributed by atoms with E-state index in [9.17, 15) is 18.0 Å². The SMILES string of the molecule is O=C(Nc1cc(Cl)cc(Br)c1)N1CCN(c2nnc(C(F)(F)F)s2)CC1. The number of nitrogens with one attached hydrogen (secondary N) is 1. The van der Waals surface area contributed by atoms with E-state index < -0.39 is 11.2 Å². The summed E-state index contributed by atoms with van der Waals surface area (Å²) < 4.78 is 38.6. The molecule has 12 heteroatoms. The molecule has 1 aromatic carbocycles. The van der Waals surface area contributed by atoms with E-state index >= 15 is 0 Å². The maximum absolute atomic E-state index is 12.6. The van der Waals surface area contributed by atoms with E-state index in [2.05, 4.69) is 31.4 Å². The molecule has 140 valence electrons. The van der Waals surface area contributed by atoms with E-state index in [1.165, 1.54) is 0 Å². The normalized spacial score (nSPS) is 15.3. The predicted octanol–water partition coefficient (Wildman–Crippen LogP) is 4.33. The molecule has 1 saturated heterocycles. The molecule has 0 bridgehead atoms. The van der Waals surface area contributed by atoms with Crippen LogP contribution in [0.3, 0.4) is 0 Å². The van der Waals surface area contributed by atoms with Crippen LogP contribution in [-0.2, 0) is 6.18 Å². The average molecular weight is 471 g/mol. The smallest absolute Gasteiger partial charge is 0.343 e. The van der Waals surface area contributed by atoms with Crippen LogP contribution in [0.15, 0.2) is 22.7 Å². The van der Waals surface area contributed by atoms with E-state index in [1.54, 1.807) is 28.0 Å². The quantitative estimate of drug-likeness (QED) is 0.710. The topological polar surface area (TPSA) is 61.4 Å². The summed E-state index contributed by atoms with van der Waals surface area (Å²) in [5.41, 5.74) is 0.552. The van der Waals surface area contributed by atoms with Gasteiger partial charge in [0.1, 0.15) is 0 Å². The van der Waals surface area contributed by atoms with E-state index in [4.69, 9.17) is 11.6 Å². The summed E-state index contributed by atoms with van der Waals surface area (Å²) in [6, 6.07) is 4.75. The van der Waals surface area contributed by atoms with Crippen molar-refractivity contribution in [3.05, 3.63) is 32.7 Å². The molecule has 3 rings (SSSR count). The molecule has 2 heterocycles. The number of halogens is 5. The molecule has 6 nitrogen and oxygen atoms in total. The number of hydrogen-bond acceptors (Lipinski definition) is 5. The highest BCUT2D eigenvalue weighted by Crippen LogP contribution is 2.34. The second-order valence-electron chi connectivity index (χ2n) is 5.45. The Morgan fingerprint density at radius 2 is 1.88 bits per heavy atom. The van der Waals surface area contributed by atoms with Crippen LogP contribution in [0.1, 0.15) is 5.01 Å². The van der Waals surface area contributed by atoms with Crippen molar-refractivity contribution in [3.63, 3.8) is 0 Å². The monoisotopic (exact) mass is 469 g/mol. The molecule has 0 radical (unpaired) electrons. The Labute approximate surface area is 164 Å². The third-order valence-electron chi connectivity index (χ3n) is 3.61. The van der Waals surface area contributed by atoms with Crippen molar-refractivity contribution in [1.29, 1.82) is 0 Å². The number of amides is 2. The number of hydrogen-bond donors (Lipinski definition) is 1. The molecule has 0 spiro atoms. The summed E-state index contributed by atoms with van der Waals surface area (Å²) in [6.45, 7) is 1.46. The second kappa shape index (κ2) is 7.57. The average Bonchev–Trinajstić information content (AvgIpc) is 3.04. The lowest BCUT2D eigenvalue weighted by Crippen LogP contribution is -2.50. The van der Waals surface area contributed by atoms with Gasteiger partial charge in [-0.2, -0.15) is 13.2 Å². The largest absolute Gasteiger partial charge is 0.445 e. The summed E-state index contributed by atoms with van der Waals surface area (Å²) in [5, 5.41) is 9.25. The first-order valence-electron chi connectivity index (χ1n) is 7.40. The van der Waals surface area contributed by atoms with Crippen LogP contribution < -0.4 is 10.2 Å². The first-order chi connectivity index (χ1) is 12.2. The van der Waals surface area contributed by atoms with Crippen molar-refractivity contribution < 1.29 is 18.0 Å². The molecule has 0 aliphatic carbocycles. The molecule has 1 fully saturated rings. The number of benzene rings is 1. The van der Waals surface area contributed by atoms with Gasteiger partial charge < -0.3 is 15.1 Å². The number of urea groups is 1. The van der Waals surface area contributed by atoms with Gasteiger partial charge in [0, 0.05) is 41.4 Å². The fraction of sp³-hybridized carbons (Fsp3) is 0.357. The molecule has 0 saturated carbocycles. The van der Waals surface area contributed by atoms with Gasteiger partial charge in [0.2, 0.25) is 10.1 Å². The highest BCUT2D eigenvalue weighted by atomic mass is 79.9. The summed E-state index contributed by atoms with van der Waals surface area (Å²) in [6.07, 6.45) is -4.50. The summed E-state index contributed by atoms with van der Waals surface area (Å²) in [4.78, 5) is 15.6. The highest BCUT2D eigenvalue weighted by molar-refractivity contribution is 9.10. The van der Waals surface area contributed by atoms with Gasteiger partial charge in [-0.3, -0.25) is 0 Å². The maximum Gasteiger partial charge on any atom is 0.445 e. The van der Waals surface area contributed by atoms with Crippen molar-refractivity contribution in [2.24, 2.45) is 0 Å². The van der Waals surface area contributed by atoms with Gasteiger partial charge in [-0.25, -0.2) is 4.79 Å². The van der Waals surface area contributed by atoms with Crippen molar-refractivity contribution in [2.75, 3.05) is 36.4 Å². The lowest BCUT2D eigenvalue weighted by atomic mass is 10.3. The molecule has 1 N–H and O–H groups in total. The molecular weight excluding hydrogens is 459 g/mol. The van der Waals surface area contributed by atoms with Crippen LogP contribution in [0, 0.1) is 0 Å². The van der Waals surface area contributed by atoms with Gasteiger partial charge in [0.25, 0.3) is 0 Å². The van der Waals surface area contributed by atoms with Gasteiger partial charge in [-0.15, -0.1) is 10.2 Å². The molecule has 2 amide bonds. The molecule has 1 aromatic heterocycles. The van der Waals surface area contributed by atoms with Crippen molar-refractivity contribution in [2.45, 2.75) is 6.18 Å². The molecule has 1 aliphatic heterocycles. The van der Waals surface area contributed by atoms with Gasteiger partial charge in [-0.05, 0) is 18.2 Å². The Kier molecular flexibility index (Phi) is 5.58. The van der Waals surface area contributed by atoms with Crippen LogP contribution >= 0.6 is 38.9 Å². The maximum atomic E-state index is 12.6. The number of aromatic nitrogens is 2. The Hall–Kier alpha value is -1.59. The molecule has 1 aliphatic rings. The number of rotatable bonds is 2. The van der Waals surface area contributed by atoms with Gasteiger partial charge >= 0.3 is 12.2 Å². The van der Waals surface area contributed by atoms with Crippen LogP contribution in [0.5, 0.6) is 0 Å². The minimum absolute atomic E-state index is 0.205. The van der Waals surface area contributed by atoms with Gasteiger partial charge in [-0.1, -0.05) is 38.9 Å². The highest BCUT2D eigenvalue weighted by Gasteiger charge is 2.36. The zero-order valence-corrected chi connectivity index (χ0v) is 16.2. The number of anilines is 2. The molecule has 2 aromatic rings. The fourth-order valence-corrected chi connectivity index (χ4v) is 4.01. The summed E-state index contributed by atoms with van der Waals surface area (Å²) in [5.74, 6) is 0. The Balaban J connectivity index is 1.58. The number of piperazine rings is 1. The van der Waals surface area contributed by atoms with Crippen molar-refractivity contribution >= 4 is 55.7 Å². The van der Waals surface area contributed by atoms with Gasteiger partial charge in [0.15, 0.2) is 0 Å². The standard InChI is InChI=1S/C14H12BrClF3N5OS/c15-8-5-9(16)7-10(6-8)20-12(25)23-1-3-24(4-2-23)13-22-21-11(26-13)14(17,18)19/h5-7H,1-4H2,(H,20,25). The molecular formula is C14H12BrClF3N5OS. The molecule has 26 heavy (non-hydrogen) atoms. The lowest BCUT2D eigenvalue weighted by Gasteiger charge is -2.34. The summed E-state index contributed by atoms with van der Waals surface area (Å²) >= 11 is 9.75. The first-order valence-corrected chi connectivity index (χ1v) is 9.39. The third kappa shape index (κ3) is 4.57. The lowest BCUT2D eigenvalue weighted by molar-refractivity contribution is -0.138. The minimum Gasteiger partial charge on any atom is -0.343 e. The number of carbonyl (C=O) groups is 1. The molecule has 0 atom stereocenters. The van der Waals surface area contributed by atoms with E-state index in [1.807, 2.05) is 0 Å². The molecule has 0 unspecified atom stereocenters. The van der Waals surface area contributed by atoms with Crippen molar-refractivity contribution in [3.8, 4) is 0 Å². The predicted molar refractivity (Wildman–Crippen MR) is 96.9 cm³/mol. The van der Waals surface area contributed by atoms with Crippen molar-refractivity contribution in [1.82, 2.24) is 15.1 Å². The van der Waals surface area contributed by atoms with Crippen LogP contribution in [0.2, 0.25) is 5.02 Å². The fourth-order valence-electron chi connectivity index (χ4n) is 2.39. The van der Waals surface area contributed by atoms with E-state index in [-0.39, 0.29) is 11.2 Å². The number of carbonyl (C=O) groups excluding carboxylic acids is 1. The Morgan fingerprint density at radius 1 is 1.19 bits per heavy atom. The van der Waals surface area contributed by atoms with Crippen LogP contribution in [0.25, 0.3) is 0 Å². The number of nitrogens with zero attached hydrogens (tertiary/aromatic N) is 4. The first kappa shape index (κ1) is 19.2. The third-order valence-corrected chi connectivity index (χ3v) is 5.31. The van der Waals surface area contributed by atoms with E-state index in [0.717, 1.165) is 4.47 Å². The van der Waals surface area contributed by atoms with E-state index in [0.29, 0.717) is 48.2 Å². The van der Waals surface area contributed by atoms with Crippen LogP contribution in [0.4, 0.5) is 28.8 Å². The van der Waals surface area contributed by atoms with Crippen LogP contribution in [-0.4, -0.2) is 47.3 Å². The Morgan fingerprint density at radius 3 is 2.46 bits per heavy atom. The zero-order chi connectivity index (χ0) is 18.9. The minimum atomic E-state index is -4.50. The Bertz CT molecular complexity index is 790. The zero-order valence-electron chi connectivity index (χ0n) is 13.1.